The summed E-state index contributed by atoms with van der Waals surface area (Å²) in [6, 6.07) is 3.02. The number of carbonyl (C=O) groups is 1. The number of aliphatic hydroxyl groups is 1. The third kappa shape index (κ3) is 3.78. The number of nitrogens with zero attached hydrogens (tertiary/aromatic N) is 4. The normalized spacial score (nSPS) is 23.2. The maximum Gasteiger partial charge on any atom is 0.291 e. The number of hydrogen-bond donors (Lipinski definition) is 2. The molecule has 4 heterocycles. The van der Waals surface area contributed by atoms with E-state index in [9.17, 15) is 18.7 Å². The van der Waals surface area contributed by atoms with E-state index in [1.165, 1.54) is 29.5 Å². The van der Waals surface area contributed by atoms with Gasteiger partial charge in [0.1, 0.15) is 22.7 Å². The van der Waals surface area contributed by atoms with Gasteiger partial charge in [-0.25, -0.2) is 18.4 Å². The smallest absolute Gasteiger partial charge is 0.291 e. The number of rotatable bonds is 3. The first-order valence-electron chi connectivity index (χ1n) is 11.6. The van der Waals surface area contributed by atoms with Crippen molar-refractivity contribution < 1.29 is 23.4 Å². The number of aryl methyl sites for hydroxylation is 1. The van der Waals surface area contributed by atoms with E-state index in [4.69, 9.17) is 9.73 Å². The van der Waals surface area contributed by atoms with Crippen LogP contribution in [-0.4, -0.2) is 50.2 Å². The number of ether oxygens (including phenoxy) is 1. The molecule has 0 spiro atoms. The first-order chi connectivity index (χ1) is 16.9. The van der Waals surface area contributed by atoms with E-state index in [1.54, 1.807) is 11.6 Å². The molecule has 3 aliphatic rings. The lowest BCUT2D eigenvalue weighted by Gasteiger charge is -2.31. The Balaban J connectivity index is 1.51. The standard InChI is InChI=1S/C24H23F2N5O3S/c1-11-22-29-21(23(33)28-12-8-13(32)9-12)30-31(22)24-18(14-10-34-7-3-6-17(14)35-24)20(27-11)19-15(25)4-2-5-16(19)26/h2,4-5,11-13,32H,3,6-10H2,1H3,(H,28,33)/t11-,12-,13+/m0/s1. The van der Waals surface area contributed by atoms with Crippen LogP contribution >= 0.6 is 11.3 Å². The van der Waals surface area contributed by atoms with Crippen molar-refractivity contribution in [3.8, 4) is 5.00 Å². The van der Waals surface area contributed by atoms with E-state index in [0.717, 1.165) is 23.3 Å². The molecule has 0 bridgehead atoms. The van der Waals surface area contributed by atoms with Crippen LogP contribution in [0.3, 0.4) is 0 Å². The van der Waals surface area contributed by atoms with E-state index in [-0.39, 0.29) is 23.1 Å². The lowest BCUT2D eigenvalue weighted by molar-refractivity contribution is 0.0558. The summed E-state index contributed by atoms with van der Waals surface area (Å²) in [6.07, 6.45) is 2.19. The Morgan fingerprint density at radius 3 is 2.77 bits per heavy atom. The molecule has 1 aliphatic carbocycles. The Hall–Kier alpha value is -3.02. The number of fused-ring (bicyclic) bond motifs is 5. The molecule has 0 saturated heterocycles. The summed E-state index contributed by atoms with van der Waals surface area (Å²) in [5.41, 5.74) is 1.42. The zero-order valence-electron chi connectivity index (χ0n) is 18.9. The molecule has 3 aromatic rings. The summed E-state index contributed by atoms with van der Waals surface area (Å²) in [5, 5.41) is 17.5. The van der Waals surface area contributed by atoms with Gasteiger partial charge in [-0.05, 0) is 44.7 Å². The summed E-state index contributed by atoms with van der Waals surface area (Å²) in [7, 11) is 0. The number of nitrogens with one attached hydrogen (secondary N) is 1. The van der Waals surface area contributed by atoms with Crippen molar-refractivity contribution >= 4 is 23.0 Å². The lowest BCUT2D eigenvalue weighted by Crippen LogP contribution is -2.47. The van der Waals surface area contributed by atoms with Crippen molar-refractivity contribution in [3.05, 3.63) is 63.0 Å². The molecular formula is C24H23F2N5O3S. The molecule has 0 unspecified atom stereocenters. The number of aliphatic hydroxyl groups excluding tert-OH is 1. The maximum atomic E-state index is 15.0. The van der Waals surface area contributed by atoms with Gasteiger partial charge in [-0.3, -0.25) is 9.79 Å². The average molecular weight is 500 g/mol. The number of benzene rings is 1. The second-order valence-electron chi connectivity index (χ2n) is 9.09. The van der Waals surface area contributed by atoms with E-state index in [1.807, 2.05) is 0 Å². The van der Waals surface area contributed by atoms with Crippen LogP contribution in [0.1, 0.15) is 70.2 Å². The van der Waals surface area contributed by atoms with Crippen molar-refractivity contribution in [2.45, 2.75) is 57.4 Å². The molecular weight excluding hydrogens is 476 g/mol. The van der Waals surface area contributed by atoms with Gasteiger partial charge in [0.05, 0.1) is 24.0 Å². The van der Waals surface area contributed by atoms with Crippen LogP contribution in [0.15, 0.2) is 23.2 Å². The molecule has 1 aromatic carbocycles. The van der Waals surface area contributed by atoms with Crippen LogP contribution in [-0.2, 0) is 17.8 Å². The van der Waals surface area contributed by atoms with Crippen LogP contribution in [0.5, 0.6) is 0 Å². The van der Waals surface area contributed by atoms with Gasteiger partial charge in [0.25, 0.3) is 5.91 Å². The molecule has 182 valence electrons. The Morgan fingerprint density at radius 1 is 1.26 bits per heavy atom. The van der Waals surface area contributed by atoms with E-state index in [0.29, 0.717) is 42.4 Å². The third-order valence-corrected chi connectivity index (χ3v) is 7.89. The summed E-state index contributed by atoms with van der Waals surface area (Å²) in [6.45, 7) is 2.66. The highest BCUT2D eigenvalue weighted by atomic mass is 32.1. The minimum absolute atomic E-state index is 0.00486. The average Bonchev–Trinajstić information content (AvgIpc) is 3.29. The summed E-state index contributed by atoms with van der Waals surface area (Å²) in [5.74, 6) is -1.43. The Morgan fingerprint density at radius 2 is 2.03 bits per heavy atom. The number of hydrogen-bond acceptors (Lipinski definition) is 7. The van der Waals surface area contributed by atoms with Gasteiger partial charge in [-0.1, -0.05) is 6.07 Å². The molecule has 2 N–H and O–H groups in total. The number of aliphatic imine (C=N–C) groups is 1. The Labute approximate surface area is 203 Å². The molecule has 0 radical (unpaired) electrons. The topological polar surface area (TPSA) is 102 Å². The number of thiophene rings is 1. The number of carbonyl (C=O) groups excluding carboxylic acids is 1. The van der Waals surface area contributed by atoms with Gasteiger partial charge in [0.15, 0.2) is 5.82 Å². The zero-order valence-corrected chi connectivity index (χ0v) is 19.7. The van der Waals surface area contributed by atoms with Gasteiger partial charge in [0, 0.05) is 28.7 Å². The van der Waals surface area contributed by atoms with Crippen LogP contribution in [0.4, 0.5) is 8.78 Å². The van der Waals surface area contributed by atoms with E-state index in [2.05, 4.69) is 15.4 Å². The summed E-state index contributed by atoms with van der Waals surface area (Å²) >= 11 is 1.46. The highest BCUT2D eigenvalue weighted by Crippen LogP contribution is 2.40. The maximum absolute atomic E-state index is 15.0. The molecule has 35 heavy (non-hydrogen) atoms. The predicted octanol–water partition coefficient (Wildman–Crippen LogP) is 3.23. The minimum Gasteiger partial charge on any atom is -0.393 e. The minimum atomic E-state index is -0.702. The summed E-state index contributed by atoms with van der Waals surface area (Å²) < 4.78 is 37.3. The number of aromatic nitrogens is 3. The second kappa shape index (κ2) is 8.58. The highest BCUT2D eigenvalue weighted by Gasteiger charge is 2.35. The summed E-state index contributed by atoms with van der Waals surface area (Å²) in [4.78, 5) is 23.1. The van der Waals surface area contributed by atoms with Crippen LogP contribution < -0.4 is 5.32 Å². The lowest BCUT2D eigenvalue weighted by atomic mass is 9.89. The molecule has 2 aromatic heterocycles. The number of amides is 1. The zero-order chi connectivity index (χ0) is 24.3. The van der Waals surface area contributed by atoms with E-state index >= 15 is 0 Å². The fourth-order valence-corrected chi connectivity index (χ4v) is 6.09. The van der Waals surface area contributed by atoms with Crippen LogP contribution in [0, 0.1) is 11.6 Å². The van der Waals surface area contributed by atoms with Crippen molar-refractivity contribution in [2.24, 2.45) is 4.99 Å². The molecule has 1 amide bonds. The SMILES string of the molecule is C[C@@H]1N=C(c2c(F)cccc2F)c2c(sc3c2COCCC3)-n2nc(C(=O)N[C@H]3C[C@@H](O)C3)nc21. The monoisotopic (exact) mass is 499 g/mol. The van der Waals surface area contributed by atoms with E-state index < -0.39 is 29.7 Å². The molecule has 6 rings (SSSR count). The van der Waals surface area contributed by atoms with Gasteiger partial charge >= 0.3 is 0 Å². The largest absolute Gasteiger partial charge is 0.393 e. The molecule has 11 heteroatoms. The fraction of sp³-hybridized carbons (Fsp3) is 0.417. The molecule has 2 aliphatic heterocycles. The molecule has 1 saturated carbocycles. The van der Waals surface area contributed by atoms with Crippen molar-refractivity contribution in [3.63, 3.8) is 0 Å². The fourth-order valence-electron chi connectivity index (χ4n) is 4.78. The van der Waals surface area contributed by atoms with Crippen LogP contribution in [0.25, 0.3) is 5.00 Å². The quantitative estimate of drug-likeness (QED) is 0.576. The molecule has 8 nitrogen and oxygen atoms in total. The van der Waals surface area contributed by atoms with Gasteiger partial charge in [-0.15, -0.1) is 16.4 Å². The highest BCUT2D eigenvalue weighted by molar-refractivity contribution is 7.15. The second-order valence-corrected chi connectivity index (χ2v) is 10.2. The van der Waals surface area contributed by atoms with Crippen molar-refractivity contribution in [2.75, 3.05) is 6.61 Å². The van der Waals surface area contributed by atoms with Gasteiger partial charge in [0.2, 0.25) is 5.82 Å². The Kier molecular flexibility index (Phi) is 5.50. The van der Waals surface area contributed by atoms with Crippen molar-refractivity contribution in [1.82, 2.24) is 20.1 Å². The van der Waals surface area contributed by atoms with Crippen LogP contribution in [0.2, 0.25) is 0 Å². The Bertz CT molecular complexity index is 1340. The first-order valence-corrected chi connectivity index (χ1v) is 12.4. The molecule has 1 fully saturated rings. The van der Waals surface area contributed by atoms with Gasteiger partial charge in [-0.2, -0.15) is 0 Å². The predicted molar refractivity (Wildman–Crippen MR) is 124 cm³/mol. The van der Waals surface area contributed by atoms with Crippen molar-refractivity contribution in [1.29, 1.82) is 0 Å². The first kappa shape index (κ1) is 22.4. The van der Waals surface area contributed by atoms with Gasteiger partial charge < -0.3 is 15.2 Å². The third-order valence-electron chi connectivity index (χ3n) is 6.62. The molecule has 1 atom stereocenters. The number of halogens is 2.